The molecule has 0 spiro atoms. The van der Waals surface area contributed by atoms with Crippen LogP contribution < -0.4 is 10.1 Å². The van der Waals surface area contributed by atoms with Crippen LogP contribution in [0.1, 0.15) is 34.5 Å². The number of hydrogen-bond acceptors (Lipinski definition) is 4. The van der Waals surface area contributed by atoms with Crippen molar-refractivity contribution in [2.24, 2.45) is 0 Å². The van der Waals surface area contributed by atoms with Gasteiger partial charge in [-0.05, 0) is 44.2 Å². The van der Waals surface area contributed by atoms with E-state index in [1.54, 1.807) is 30.3 Å². The normalized spacial score (nSPS) is 11.8. The molecule has 3 aromatic rings. The van der Waals surface area contributed by atoms with Gasteiger partial charge in [0.25, 0.3) is 5.91 Å². The maximum absolute atomic E-state index is 12.5. The van der Waals surface area contributed by atoms with Crippen molar-refractivity contribution < 1.29 is 9.53 Å². The highest BCUT2D eigenvalue weighted by molar-refractivity contribution is 5.94. The van der Waals surface area contributed by atoms with Crippen LogP contribution >= 0.6 is 0 Å². The molecule has 1 unspecified atom stereocenters. The molecule has 2 aromatic carbocycles. The molecule has 1 amide bonds. The molecule has 0 fully saturated rings. The van der Waals surface area contributed by atoms with Gasteiger partial charge in [0.15, 0.2) is 0 Å². The Bertz CT molecular complexity index is 858. The molecule has 0 saturated carbocycles. The van der Waals surface area contributed by atoms with Crippen molar-refractivity contribution in [2.75, 3.05) is 7.11 Å². The van der Waals surface area contributed by atoms with Gasteiger partial charge in [-0.25, -0.2) is 9.67 Å². The Morgan fingerprint density at radius 3 is 2.60 bits per heavy atom. The maximum atomic E-state index is 12.5. The Morgan fingerprint density at radius 2 is 1.96 bits per heavy atom. The van der Waals surface area contributed by atoms with Crippen LogP contribution in [0.5, 0.6) is 5.75 Å². The number of aryl methyl sites for hydroxylation is 1. The standard InChI is InChI=1S/C19H20N4O2/c1-13-4-9-18(25-3)17(10-13)14(2)22-19(24)15-5-7-16(8-6-15)23-12-20-11-21-23/h4-12,14H,1-3H3,(H,22,24). The van der Waals surface area contributed by atoms with Crippen molar-refractivity contribution in [2.45, 2.75) is 19.9 Å². The smallest absolute Gasteiger partial charge is 0.251 e. The molecular formula is C19H20N4O2. The van der Waals surface area contributed by atoms with Gasteiger partial charge in [-0.15, -0.1) is 0 Å². The number of nitrogens with one attached hydrogen (secondary N) is 1. The molecule has 6 heteroatoms. The predicted octanol–water partition coefficient (Wildman–Crippen LogP) is 3.08. The van der Waals surface area contributed by atoms with E-state index in [4.69, 9.17) is 4.74 Å². The zero-order valence-corrected chi connectivity index (χ0v) is 14.4. The summed E-state index contributed by atoms with van der Waals surface area (Å²) in [6.07, 6.45) is 3.08. The quantitative estimate of drug-likeness (QED) is 0.777. The first-order valence-electron chi connectivity index (χ1n) is 7.99. The van der Waals surface area contributed by atoms with Crippen LogP contribution in [0.15, 0.2) is 55.1 Å². The number of carbonyl (C=O) groups excluding carboxylic acids is 1. The lowest BCUT2D eigenvalue weighted by Crippen LogP contribution is -2.27. The fourth-order valence-corrected chi connectivity index (χ4v) is 2.66. The predicted molar refractivity (Wildman–Crippen MR) is 95.0 cm³/mol. The summed E-state index contributed by atoms with van der Waals surface area (Å²) in [5.41, 5.74) is 3.51. The molecule has 128 valence electrons. The van der Waals surface area contributed by atoms with Crippen LogP contribution in [0.25, 0.3) is 5.69 Å². The summed E-state index contributed by atoms with van der Waals surface area (Å²) < 4.78 is 7.04. The molecule has 1 N–H and O–H groups in total. The lowest BCUT2D eigenvalue weighted by atomic mass is 10.0. The number of rotatable bonds is 5. The second-order valence-electron chi connectivity index (χ2n) is 5.83. The van der Waals surface area contributed by atoms with Gasteiger partial charge in [-0.2, -0.15) is 5.10 Å². The molecule has 0 saturated heterocycles. The van der Waals surface area contributed by atoms with Crippen LogP contribution in [0, 0.1) is 6.92 Å². The molecule has 25 heavy (non-hydrogen) atoms. The minimum absolute atomic E-state index is 0.138. The molecule has 1 atom stereocenters. The van der Waals surface area contributed by atoms with Gasteiger partial charge < -0.3 is 10.1 Å². The SMILES string of the molecule is COc1ccc(C)cc1C(C)NC(=O)c1ccc(-n2cncn2)cc1. The van der Waals surface area contributed by atoms with E-state index in [0.717, 1.165) is 22.6 Å². The summed E-state index contributed by atoms with van der Waals surface area (Å²) in [5, 5.41) is 7.08. The van der Waals surface area contributed by atoms with Gasteiger partial charge in [0.05, 0.1) is 18.8 Å². The average Bonchev–Trinajstić information content (AvgIpc) is 3.16. The maximum Gasteiger partial charge on any atom is 0.251 e. The fourth-order valence-electron chi connectivity index (χ4n) is 2.66. The second kappa shape index (κ2) is 7.17. The first-order chi connectivity index (χ1) is 12.1. The summed E-state index contributed by atoms with van der Waals surface area (Å²) in [6, 6.07) is 13.0. The zero-order valence-electron chi connectivity index (χ0n) is 14.4. The summed E-state index contributed by atoms with van der Waals surface area (Å²) in [6.45, 7) is 3.96. The zero-order chi connectivity index (χ0) is 17.8. The highest BCUT2D eigenvalue weighted by Gasteiger charge is 2.15. The van der Waals surface area contributed by atoms with Gasteiger partial charge in [0.1, 0.15) is 18.4 Å². The summed E-state index contributed by atoms with van der Waals surface area (Å²) in [4.78, 5) is 16.4. The highest BCUT2D eigenvalue weighted by Crippen LogP contribution is 2.26. The van der Waals surface area contributed by atoms with E-state index < -0.39 is 0 Å². The van der Waals surface area contributed by atoms with Crippen molar-refractivity contribution in [3.8, 4) is 11.4 Å². The summed E-state index contributed by atoms with van der Waals surface area (Å²) >= 11 is 0. The van der Waals surface area contributed by atoms with E-state index in [9.17, 15) is 4.79 Å². The van der Waals surface area contributed by atoms with Crippen molar-refractivity contribution in [1.82, 2.24) is 20.1 Å². The molecule has 3 rings (SSSR count). The minimum atomic E-state index is -0.169. The van der Waals surface area contributed by atoms with Crippen LogP contribution in [0.2, 0.25) is 0 Å². The Morgan fingerprint density at radius 1 is 1.20 bits per heavy atom. The Balaban J connectivity index is 1.74. The van der Waals surface area contributed by atoms with E-state index in [2.05, 4.69) is 15.4 Å². The third-order valence-corrected chi connectivity index (χ3v) is 4.01. The van der Waals surface area contributed by atoms with Crippen molar-refractivity contribution in [3.05, 3.63) is 71.8 Å². The van der Waals surface area contributed by atoms with Crippen molar-refractivity contribution in [3.63, 3.8) is 0 Å². The molecule has 0 radical (unpaired) electrons. The molecule has 0 bridgehead atoms. The first-order valence-corrected chi connectivity index (χ1v) is 7.99. The Labute approximate surface area is 146 Å². The van der Waals surface area contributed by atoms with Gasteiger partial charge in [0.2, 0.25) is 0 Å². The van der Waals surface area contributed by atoms with Crippen LogP contribution in [0.4, 0.5) is 0 Å². The number of methoxy groups -OCH3 is 1. The van der Waals surface area contributed by atoms with Crippen molar-refractivity contribution >= 4 is 5.91 Å². The molecule has 0 aliphatic heterocycles. The summed E-state index contributed by atoms with van der Waals surface area (Å²) in [5.74, 6) is 0.626. The molecule has 0 aliphatic carbocycles. The van der Waals surface area contributed by atoms with Crippen LogP contribution in [-0.2, 0) is 0 Å². The number of benzene rings is 2. The van der Waals surface area contributed by atoms with Gasteiger partial charge in [-0.1, -0.05) is 17.7 Å². The number of ether oxygens (including phenoxy) is 1. The van der Waals surface area contributed by atoms with E-state index in [-0.39, 0.29) is 11.9 Å². The molecule has 1 aromatic heterocycles. The number of carbonyl (C=O) groups is 1. The number of amides is 1. The number of nitrogens with zero attached hydrogens (tertiary/aromatic N) is 3. The van der Waals surface area contributed by atoms with Crippen molar-refractivity contribution in [1.29, 1.82) is 0 Å². The largest absolute Gasteiger partial charge is 0.496 e. The Kier molecular flexibility index (Phi) is 4.79. The number of hydrogen-bond donors (Lipinski definition) is 1. The van der Waals surface area contributed by atoms with E-state index in [1.165, 1.54) is 6.33 Å². The van der Waals surface area contributed by atoms with Crippen LogP contribution in [0.3, 0.4) is 0 Å². The first kappa shape index (κ1) is 16.7. The highest BCUT2D eigenvalue weighted by atomic mass is 16.5. The monoisotopic (exact) mass is 336 g/mol. The fraction of sp³-hybridized carbons (Fsp3) is 0.211. The molecule has 0 aliphatic rings. The second-order valence-corrected chi connectivity index (χ2v) is 5.83. The van der Waals surface area contributed by atoms with Gasteiger partial charge in [0, 0.05) is 11.1 Å². The molecule has 6 nitrogen and oxygen atoms in total. The third kappa shape index (κ3) is 3.68. The molecule has 1 heterocycles. The van der Waals surface area contributed by atoms with E-state index in [1.807, 2.05) is 44.2 Å². The topological polar surface area (TPSA) is 69.0 Å². The van der Waals surface area contributed by atoms with Gasteiger partial charge in [-0.3, -0.25) is 4.79 Å². The van der Waals surface area contributed by atoms with E-state index in [0.29, 0.717) is 5.56 Å². The Hall–Kier alpha value is -3.15. The lowest BCUT2D eigenvalue weighted by molar-refractivity contribution is 0.0939. The minimum Gasteiger partial charge on any atom is -0.496 e. The summed E-state index contributed by atoms with van der Waals surface area (Å²) in [7, 11) is 1.63. The van der Waals surface area contributed by atoms with E-state index >= 15 is 0 Å². The molecular weight excluding hydrogens is 316 g/mol. The lowest BCUT2D eigenvalue weighted by Gasteiger charge is -2.18. The van der Waals surface area contributed by atoms with Gasteiger partial charge >= 0.3 is 0 Å². The third-order valence-electron chi connectivity index (χ3n) is 4.01. The van der Waals surface area contributed by atoms with Crippen LogP contribution in [-0.4, -0.2) is 27.8 Å². The average molecular weight is 336 g/mol. The number of aromatic nitrogens is 3.